The first-order chi connectivity index (χ1) is 16.5. The van der Waals surface area contributed by atoms with Crippen LogP contribution >= 0.6 is 23.1 Å². The first-order valence-corrected chi connectivity index (χ1v) is 13.5. The van der Waals surface area contributed by atoms with Crippen LogP contribution in [0.1, 0.15) is 69.7 Å². The van der Waals surface area contributed by atoms with E-state index >= 15 is 0 Å². The van der Waals surface area contributed by atoms with Crippen molar-refractivity contribution >= 4 is 40.2 Å². The lowest BCUT2D eigenvalue weighted by atomic mass is 9.88. The van der Waals surface area contributed by atoms with Gasteiger partial charge >= 0.3 is 12.0 Å². The molecular weight excluding hydrogens is 470 g/mol. The van der Waals surface area contributed by atoms with Crippen molar-refractivity contribution in [2.75, 3.05) is 17.2 Å². The number of pyridine rings is 1. The van der Waals surface area contributed by atoms with E-state index in [4.69, 9.17) is 11.2 Å². The number of nitrogens with zero attached hydrogens (tertiary/aromatic N) is 5. The fraction of sp³-hybridized carbons (Fsp3) is 0.542. The molecule has 2 amide bonds. The Balaban J connectivity index is 1.92. The van der Waals surface area contributed by atoms with Crippen molar-refractivity contribution in [1.29, 1.82) is 0 Å². The number of thioether (sulfide) groups is 1. The molecule has 0 N–H and O–H groups in total. The number of aromatic nitrogens is 3. The molecule has 10 heteroatoms. The zero-order chi connectivity index (χ0) is 24.6. The van der Waals surface area contributed by atoms with Crippen molar-refractivity contribution in [2.24, 2.45) is 0 Å². The Hall–Kier alpha value is -2.64. The standard InChI is InChI=1S/C24H31N5O3S2/c1-5-9-15-33-22-27-26-21(34-22)29-19(32-20(30)18-11-10-14-25-16-18)17-28(23(29)31)24(8-4,12-6-2)13-7-3/h4,10-11,14,16,19H,5-7,9,12-13,15,17H2,1-3H3. The number of esters is 1. The summed E-state index contributed by atoms with van der Waals surface area (Å²) in [6.45, 7) is 6.39. The molecular formula is C24H31N5O3S2. The summed E-state index contributed by atoms with van der Waals surface area (Å²) in [6.07, 6.45) is 13.3. The van der Waals surface area contributed by atoms with Crippen LogP contribution in [0, 0.1) is 12.3 Å². The van der Waals surface area contributed by atoms with E-state index in [1.807, 2.05) is 13.8 Å². The first kappa shape index (κ1) is 26.0. The van der Waals surface area contributed by atoms with E-state index < -0.39 is 17.7 Å². The summed E-state index contributed by atoms with van der Waals surface area (Å²) < 4.78 is 6.59. The molecule has 3 heterocycles. The number of carbonyl (C=O) groups is 2. The van der Waals surface area contributed by atoms with Gasteiger partial charge in [0.1, 0.15) is 5.54 Å². The van der Waals surface area contributed by atoms with Gasteiger partial charge in [-0.3, -0.25) is 4.98 Å². The Morgan fingerprint density at radius 2 is 2.06 bits per heavy atom. The van der Waals surface area contributed by atoms with Gasteiger partial charge in [-0.1, -0.05) is 69.1 Å². The molecule has 3 rings (SSSR count). The van der Waals surface area contributed by atoms with Gasteiger partial charge in [0.15, 0.2) is 4.34 Å². The summed E-state index contributed by atoms with van der Waals surface area (Å²) >= 11 is 2.93. The second kappa shape index (κ2) is 12.2. The summed E-state index contributed by atoms with van der Waals surface area (Å²) in [5.74, 6) is 3.27. The van der Waals surface area contributed by atoms with Crippen LogP contribution in [-0.4, -0.2) is 56.1 Å². The van der Waals surface area contributed by atoms with Crippen molar-refractivity contribution in [3.63, 3.8) is 0 Å². The van der Waals surface area contributed by atoms with Crippen molar-refractivity contribution in [3.8, 4) is 12.3 Å². The minimum Gasteiger partial charge on any atom is -0.435 e. The predicted molar refractivity (Wildman–Crippen MR) is 135 cm³/mol. The highest BCUT2D eigenvalue weighted by Gasteiger charge is 2.50. The minimum atomic E-state index is -0.872. The van der Waals surface area contributed by atoms with Gasteiger partial charge in [0.05, 0.1) is 12.1 Å². The fourth-order valence-corrected chi connectivity index (χ4v) is 6.03. The molecule has 1 unspecified atom stereocenters. The zero-order valence-corrected chi connectivity index (χ0v) is 21.5. The van der Waals surface area contributed by atoms with E-state index in [2.05, 4.69) is 28.0 Å². The van der Waals surface area contributed by atoms with Crippen LogP contribution in [0.2, 0.25) is 0 Å². The lowest BCUT2D eigenvalue weighted by Gasteiger charge is -2.37. The lowest BCUT2D eigenvalue weighted by molar-refractivity contribution is 0.0293. The van der Waals surface area contributed by atoms with Gasteiger partial charge < -0.3 is 9.64 Å². The molecule has 1 fully saturated rings. The Labute approximate surface area is 209 Å². The Bertz CT molecular complexity index is 1000. The molecule has 0 radical (unpaired) electrons. The van der Waals surface area contributed by atoms with Crippen molar-refractivity contribution in [1.82, 2.24) is 20.1 Å². The van der Waals surface area contributed by atoms with Gasteiger partial charge in [0, 0.05) is 18.1 Å². The molecule has 1 atom stereocenters. The average Bonchev–Trinajstić information content (AvgIpc) is 3.43. The summed E-state index contributed by atoms with van der Waals surface area (Å²) in [5, 5.41) is 8.91. The quantitative estimate of drug-likeness (QED) is 0.129. The highest BCUT2D eigenvalue weighted by Crippen LogP contribution is 2.38. The number of hydrogen-bond acceptors (Lipinski definition) is 8. The van der Waals surface area contributed by atoms with Gasteiger partial charge in [-0.25, -0.2) is 14.5 Å². The molecule has 0 aromatic carbocycles. The van der Waals surface area contributed by atoms with Gasteiger partial charge in [-0.2, -0.15) is 0 Å². The van der Waals surface area contributed by atoms with Crippen LogP contribution < -0.4 is 4.90 Å². The highest BCUT2D eigenvalue weighted by molar-refractivity contribution is 8.01. The van der Waals surface area contributed by atoms with E-state index in [1.54, 1.807) is 35.0 Å². The minimum absolute atomic E-state index is 0.160. The summed E-state index contributed by atoms with van der Waals surface area (Å²) in [6, 6.07) is 2.98. The zero-order valence-electron chi connectivity index (χ0n) is 19.9. The van der Waals surface area contributed by atoms with Crippen molar-refractivity contribution in [3.05, 3.63) is 30.1 Å². The van der Waals surface area contributed by atoms with Crippen LogP contribution in [0.4, 0.5) is 9.93 Å². The van der Waals surface area contributed by atoms with Gasteiger partial charge in [-0.05, 0) is 31.4 Å². The van der Waals surface area contributed by atoms with Crippen LogP contribution in [0.3, 0.4) is 0 Å². The summed E-state index contributed by atoms with van der Waals surface area (Å²) in [4.78, 5) is 33.7. The molecule has 0 spiro atoms. The molecule has 1 aliphatic heterocycles. The number of urea groups is 1. The molecule has 34 heavy (non-hydrogen) atoms. The van der Waals surface area contributed by atoms with Gasteiger partial charge in [0.2, 0.25) is 11.4 Å². The van der Waals surface area contributed by atoms with E-state index in [9.17, 15) is 9.59 Å². The smallest absolute Gasteiger partial charge is 0.341 e. The summed E-state index contributed by atoms with van der Waals surface area (Å²) in [7, 11) is 0. The Morgan fingerprint density at radius 1 is 1.29 bits per heavy atom. The second-order valence-electron chi connectivity index (χ2n) is 8.09. The maximum Gasteiger partial charge on any atom is 0.341 e. The maximum absolute atomic E-state index is 13.7. The van der Waals surface area contributed by atoms with Crippen LogP contribution in [0.15, 0.2) is 28.9 Å². The third kappa shape index (κ3) is 5.70. The fourth-order valence-electron chi connectivity index (χ4n) is 4.00. The summed E-state index contributed by atoms with van der Waals surface area (Å²) in [5.41, 5.74) is -0.440. The molecule has 0 bridgehead atoms. The van der Waals surface area contributed by atoms with Crippen molar-refractivity contribution in [2.45, 2.75) is 75.4 Å². The number of carbonyl (C=O) groups excluding carboxylic acids is 2. The van der Waals surface area contributed by atoms with Gasteiger partial charge in [-0.15, -0.1) is 16.6 Å². The number of unbranched alkanes of at least 4 members (excludes halogenated alkanes) is 1. The molecule has 0 aliphatic carbocycles. The number of ether oxygens (including phenoxy) is 1. The largest absolute Gasteiger partial charge is 0.435 e. The normalized spacial score (nSPS) is 16.1. The third-order valence-corrected chi connectivity index (χ3v) is 7.78. The van der Waals surface area contributed by atoms with Crippen LogP contribution in [0.5, 0.6) is 0 Å². The molecule has 2 aromatic rings. The van der Waals surface area contributed by atoms with E-state index in [0.29, 0.717) is 23.5 Å². The topological polar surface area (TPSA) is 88.5 Å². The van der Waals surface area contributed by atoms with Crippen molar-refractivity contribution < 1.29 is 14.3 Å². The SMILES string of the molecule is C#CC(CCC)(CCC)N1CC(OC(=O)c2cccnc2)N(c2nnc(SCCCC)s2)C1=O. The Kier molecular flexibility index (Phi) is 9.30. The van der Waals surface area contributed by atoms with E-state index in [1.165, 1.54) is 22.4 Å². The average molecular weight is 502 g/mol. The first-order valence-electron chi connectivity index (χ1n) is 11.7. The number of anilines is 1. The van der Waals surface area contributed by atoms with E-state index in [0.717, 1.165) is 35.8 Å². The number of amides is 2. The molecule has 1 aliphatic rings. The molecule has 2 aromatic heterocycles. The monoisotopic (exact) mass is 501 g/mol. The second-order valence-corrected chi connectivity index (χ2v) is 10.4. The van der Waals surface area contributed by atoms with Crippen LogP contribution in [-0.2, 0) is 4.74 Å². The molecule has 0 saturated carbocycles. The number of rotatable bonds is 12. The van der Waals surface area contributed by atoms with Gasteiger partial charge in [0.25, 0.3) is 0 Å². The highest BCUT2D eigenvalue weighted by atomic mass is 32.2. The molecule has 1 saturated heterocycles. The van der Waals surface area contributed by atoms with Crippen LogP contribution in [0.25, 0.3) is 0 Å². The predicted octanol–water partition coefficient (Wildman–Crippen LogP) is 5.22. The number of hydrogen-bond donors (Lipinski definition) is 0. The Morgan fingerprint density at radius 3 is 2.68 bits per heavy atom. The molecule has 182 valence electrons. The maximum atomic E-state index is 13.7. The lowest BCUT2D eigenvalue weighted by Crippen LogP contribution is -2.49. The molecule has 8 nitrogen and oxygen atoms in total. The van der Waals surface area contributed by atoms with E-state index in [-0.39, 0.29) is 12.6 Å². The number of terminal acetylenes is 1. The third-order valence-electron chi connectivity index (χ3n) is 5.64.